The molecule has 0 aliphatic carbocycles. The fourth-order valence-electron chi connectivity index (χ4n) is 3.45. The number of unbranched alkanes of at least 4 members (excludes halogenated alkanes) is 1. The van der Waals surface area contributed by atoms with E-state index in [-0.39, 0.29) is 25.7 Å². The van der Waals surface area contributed by atoms with Crippen LogP contribution >= 0.6 is 0 Å². The number of aliphatic carboxylic acids is 2. The third-order valence-corrected chi connectivity index (χ3v) is 5.53. The summed E-state index contributed by atoms with van der Waals surface area (Å²) in [5.41, 5.74) is 16.9. The van der Waals surface area contributed by atoms with Gasteiger partial charge < -0.3 is 43.4 Å². The van der Waals surface area contributed by atoms with E-state index in [0.717, 1.165) is 0 Å². The minimum atomic E-state index is -1.59. The summed E-state index contributed by atoms with van der Waals surface area (Å²) < 4.78 is 0. The average Bonchev–Trinajstić information content (AvgIpc) is 2.85. The van der Waals surface area contributed by atoms with Gasteiger partial charge in [0.05, 0.1) is 12.5 Å². The number of hydrogen-bond donors (Lipinski definition) is 8. The van der Waals surface area contributed by atoms with Crippen LogP contribution in [0.4, 0.5) is 0 Å². The standard InChI is InChI=1S/C24H36N6O8/c25-11-5-4-8-16(22(35)30-18(24(37)38)12-14-6-2-1-3-7-14)28-23(36)17(13-20(32)33)29-21(34)15(26)9-10-19(27)31/h1-3,6-7,15-18H,4-5,8-13,25-26H2,(H2,27,31)(H,28,36)(H,29,34)(H,30,35)(H,32,33)(H,37,38). The van der Waals surface area contributed by atoms with E-state index >= 15 is 0 Å². The molecule has 4 unspecified atom stereocenters. The van der Waals surface area contributed by atoms with Gasteiger partial charge in [-0.15, -0.1) is 0 Å². The van der Waals surface area contributed by atoms with E-state index in [9.17, 15) is 39.0 Å². The highest BCUT2D eigenvalue weighted by Crippen LogP contribution is 2.07. The van der Waals surface area contributed by atoms with E-state index in [4.69, 9.17) is 17.2 Å². The lowest BCUT2D eigenvalue weighted by atomic mass is 10.0. The van der Waals surface area contributed by atoms with Crippen LogP contribution in [-0.2, 0) is 35.2 Å². The van der Waals surface area contributed by atoms with Gasteiger partial charge in [-0.2, -0.15) is 0 Å². The zero-order chi connectivity index (χ0) is 28.7. The maximum atomic E-state index is 13.0. The second-order valence-corrected chi connectivity index (χ2v) is 8.71. The summed E-state index contributed by atoms with van der Waals surface area (Å²) in [4.78, 5) is 72.3. The molecule has 38 heavy (non-hydrogen) atoms. The van der Waals surface area contributed by atoms with Crippen molar-refractivity contribution in [2.45, 2.75) is 69.1 Å². The van der Waals surface area contributed by atoms with Gasteiger partial charge in [-0.1, -0.05) is 30.3 Å². The summed E-state index contributed by atoms with van der Waals surface area (Å²) in [7, 11) is 0. The molecule has 1 aromatic carbocycles. The topological polar surface area (TPSA) is 257 Å². The second kappa shape index (κ2) is 16.7. The minimum absolute atomic E-state index is 0.00767. The van der Waals surface area contributed by atoms with Gasteiger partial charge in [0.2, 0.25) is 23.6 Å². The molecule has 0 bridgehead atoms. The molecule has 0 aliphatic heterocycles. The molecule has 0 heterocycles. The third kappa shape index (κ3) is 12.3. The number of amides is 4. The van der Waals surface area contributed by atoms with Gasteiger partial charge in [0.25, 0.3) is 0 Å². The highest BCUT2D eigenvalue weighted by atomic mass is 16.4. The van der Waals surface area contributed by atoms with Gasteiger partial charge in [0.1, 0.15) is 18.1 Å². The molecule has 210 valence electrons. The number of carboxylic acid groups (broad SMARTS) is 2. The van der Waals surface area contributed by atoms with Crippen LogP contribution in [0.2, 0.25) is 0 Å². The molecule has 4 amide bonds. The van der Waals surface area contributed by atoms with Crippen LogP contribution in [0.25, 0.3) is 0 Å². The Morgan fingerprint density at radius 3 is 1.92 bits per heavy atom. The molecule has 11 N–H and O–H groups in total. The molecule has 0 spiro atoms. The van der Waals surface area contributed by atoms with E-state index < -0.39 is 66.2 Å². The van der Waals surface area contributed by atoms with Crippen LogP contribution in [0.1, 0.15) is 44.1 Å². The predicted molar refractivity (Wildman–Crippen MR) is 135 cm³/mol. The van der Waals surface area contributed by atoms with Crippen molar-refractivity contribution in [1.82, 2.24) is 16.0 Å². The van der Waals surface area contributed by atoms with Crippen molar-refractivity contribution in [2.24, 2.45) is 17.2 Å². The highest BCUT2D eigenvalue weighted by Gasteiger charge is 2.31. The maximum Gasteiger partial charge on any atom is 0.326 e. The molecule has 14 nitrogen and oxygen atoms in total. The molecule has 14 heteroatoms. The molecule has 0 aromatic heterocycles. The Hall–Kier alpha value is -4.04. The zero-order valence-corrected chi connectivity index (χ0v) is 20.9. The molecule has 0 radical (unpaired) electrons. The number of primary amides is 1. The average molecular weight is 537 g/mol. The monoisotopic (exact) mass is 536 g/mol. The maximum absolute atomic E-state index is 13.0. The third-order valence-electron chi connectivity index (χ3n) is 5.53. The van der Waals surface area contributed by atoms with Crippen molar-refractivity contribution in [1.29, 1.82) is 0 Å². The van der Waals surface area contributed by atoms with Crippen LogP contribution in [-0.4, -0.2) is 76.5 Å². The highest BCUT2D eigenvalue weighted by molar-refractivity contribution is 5.95. The van der Waals surface area contributed by atoms with Crippen molar-refractivity contribution in [3.8, 4) is 0 Å². The Morgan fingerprint density at radius 1 is 0.789 bits per heavy atom. The first-order valence-electron chi connectivity index (χ1n) is 12.1. The van der Waals surface area contributed by atoms with Gasteiger partial charge in [0.15, 0.2) is 0 Å². The van der Waals surface area contributed by atoms with Crippen molar-refractivity contribution >= 4 is 35.6 Å². The van der Waals surface area contributed by atoms with Gasteiger partial charge in [-0.05, 0) is 37.8 Å². The predicted octanol–water partition coefficient (Wildman–Crippen LogP) is -2.04. The summed E-state index contributed by atoms with van der Waals surface area (Å²) in [6.07, 6.45) is -0.144. The molecular formula is C24H36N6O8. The lowest BCUT2D eigenvalue weighted by Gasteiger charge is -2.25. The number of carbonyl (C=O) groups is 6. The Morgan fingerprint density at radius 2 is 1.37 bits per heavy atom. The van der Waals surface area contributed by atoms with E-state index in [1.54, 1.807) is 30.3 Å². The van der Waals surface area contributed by atoms with Crippen molar-refractivity contribution in [3.63, 3.8) is 0 Å². The molecule has 1 rings (SSSR count). The summed E-state index contributed by atoms with van der Waals surface area (Å²) in [5.74, 6) is -6.04. The molecule has 1 aromatic rings. The Bertz CT molecular complexity index is 974. The quantitative estimate of drug-likeness (QED) is 0.0953. The van der Waals surface area contributed by atoms with Gasteiger partial charge >= 0.3 is 11.9 Å². The Balaban J connectivity index is 3.00. The molecule has 4 atom stereocenters. The van der Waals surface area contributed by atoms with E-state index in [0.29, 0.717) is 24.9 Å². The molecular weight excluding hydrogens is 500 g/mol. The smallest absolute Gasteiger partial charge is 0.326 e. The molecule has 0 saturated carbocycles. The van der Waals surface area contributed by atoms with E-state index in [1.807, 2.05) is 0 Å². The molecule has 0 fully saturated rings. The number of nitrogens with one attached hydrogen (secondary N) is 3. The van der Waals surface area contributed by atoms with Crippen molar-refractivity contribution < 1.29 is 39.0 Å². The first-order chi connectivity index (χ1) is 17.9. The summed E-state index contributed by atoms with van der Waals surface area (Å²) in [6.45, 7) is 0.314. The van der Waals surface area contributed by atoms with Crippen LogP contribution in [0.5, 0.6) is 0 Å². The zero-order valence-electron chi connectivity index (χ0n) is 20.9. The number of nitrogens with two attached hydrogens (primary N) is 3. The van der Waals surface area contributed by atoms with Crippen LogP contribution in [0, 0.1) is 0 Å². The lowest BCUT2D eigenvalue weighted by molar-refractivity contribution is -0.143. The summed E-state index contributed by atoms with van der Waals surface area (Å²) >= 11 is 0. The fraction of sp³-hybridized carbons (Fsp3) is 0.500. The number of benzene rings is 1. The van der Waals surface area contributed by atoms with Crippen molar-refractivity contribution in [3.05, 3.63) is 35.9 Å². The van der Waals surface area contributed by atoms with Crippen LogP contribution in [0.15, 0.2) is 30.3 Å². The molecule has 0 aliphatic rings. The van der Waals surface area contributed by atoms with Gasteiger partial charge in [-0.3, -0.25) is 24.0 Å². The Kier molecular flexibility index (Phi) is 14.0. The first kappa shape index (κ1) is 32.0. The second-order valence-electron chi connectivity index (χ2n) is 8.71. The number of rotatable bonds is 18. The van der Waals surface area contributed by atoms with Crippen LogP contribution < -0.4 is 33.2 Å². The van der Waals surface area contributed by atoms with E-state index in [2.05, 4.69) is 16.0 Å². The largest absolute Gasteiger partial charge is 0.481 e. The van der Waals surface area contributed by atoms with E-state index in [1.165, 1.54) is 0 Å². The van der Waals surface area contributed by atoms with Crippen LogP contribution in [0.3, 0.4) is 0 Å². The Labute approximate surface area is 219 Å². The summed E-state index contributed by atoms with van der Waals surface area (Å²) in [6, 6.07) is 3.27. The SMILES string of the molecule is NCCCCC(NC(=O)C(CC(=O)O)NC(=O)C(N)CCC(N)=O)C(=O)NC(Cc1ccccc1)C(=O)O. The number of carboxylic acids is 2. The minimum Gasteiger partial charge on any atom is -0.481 e. The normalized spacial score (nSPS) is 13.8. The van der Waals surface area contributed by atoms with Crippen molar-refractivity contribution in [2.75, 3.05) is 6.54 Å². The van der Waals surface area contributed by atoms with Gasteiger partial charge in [-0.25, -0.2) is 4.79 Å². The fourth-order valence-corrected chi connectivity index (χ4v) is 3.45. The van der Waals surface area contributed by atoms with Gasteiger partial charge in [0, 0.05) is 12.8 Å². The molecule has 0 saturated heterocycles. The number of carbonyl (C=O) groups excluding carboxylic acids is 4. The first-order valence-corrected chi connectivity index (χ1v) is 12.1. The number of hydrogen-bond acceptors (Lipinski definition) is 8. The lowest BCUT2D eigenvalue weighted by Crippen LogP contribution is -2.57. The summed E-state index contributed by atoms with van der Waals surface area (Å²) in [5, 5.41) is 25.9.